The second-order valence-electron chi connectivity index (χ2n) is 10.2. The van der Waals surface area contributed by atoms with Gasteiger partial charge in [0.05, 0.1) is 4.90 Å². The summed E-state index contributed by atoms with van der Waals surface area (Å²) in [4.78, 5) is 32.6. The first-order chi connectivity index (χ1) is 16.0. The van der Waals surface area contributed by atoms with Gasteiger partial charge in [-0.3, -0.25) is 4.79 Å². The number of likely N-dealkylation sites (tertiary alicyclic amines) is 1. The molecule has 0 radical (unpaired) electrons. The van der Waals surface area contributed by atoms with Crippen molar-refractivity contribution < 1.29 is 17.9 Å². The summed E-state index contributed by atoms with van der Waals surface area (Å²) in [6.45, 7) is 6.28. The van der Waals surface area contributed by atoms with Crippen molar-refractivity contribution in [1.82, 2.24) is 19.2 Å². The van der Waals surface area contributed by atoms with Crippen LogP contribution in [0.25, 0.3) is 21.8 Å². The van der Waals surface area contributed by atoms with Crippen molar-refractivity contribution in [2.45, 2.75) is 69.0 Å². The number of amides is 1. The number of hydrogen-bond acceptors (Lipinski definition) is 5. The molecule has 1 atom stereocenters. The standard InChI is InChI=1S/C24H30N4O5S/c1-24(2,3)33-23(30)27-12-4-5-16(27)14-28(15-6-7-15)34(31,32)17-8-9-20-19(13-17)18-10-11-25-21(18)22(29)26-20/h8-11,13,15-16,25H,4-7,12,14H2,1-3H3,(H,26,29)/t16-/m1/s1. The molecule has 1 amide bonds. The number of nitrogens with zero attached hydrogens (tertiary/aromatic N) is 2. The number of nitrogens with one attached hydrogen (secondary N) is 2. The van der Waals surface area contributed by atoms with Crippen LogP contribution in [0.2, 0.25) is 0 Å². The van der Waals surface area contributed by atoms with Crippen LogP contribution in [-0.2, 0) is 14.8 Å². The Labute approximate surface area is 198 Å². The normalized spacial score (nSPS) is 19.4. The summed E-state index contributed by atoms with van der Waals surface area (Å²) >= 11 is 0. The van der Waals surface area contributed by atoms with E-state index >= 15 is 0 Å². The van der Waals surface area contributed by atoms with Gasteiger partial charge in [-0.15, -0.1) is 0 Å². The molecule has 1 saturated carbocycles. The predicted octanol–water partition coefficient (Wildman–Crippen LogP) is 3.56. The lowest BCUT2D eigenvalue weighted by atomic mass is 10.1. The lowest BCUT2D eigenvalue weighted by Gasteiger charge is -2.32. The Hall–Kier alpha value is -2.85. The zero-order valence-electron chi connectivity index (χ0n) is 19.6. The highest BCUT2D eigenvalue weighted by Gasteiger charge is 2.42. The lowest BCUT2D eigenvalue weighted by molar-refractivity contribution is 0.0212. The zero-order chi connectivity index (χ0) is 24.3. The van der Waals surface area contributed by atoms with Crippen LogP contribution in [0.15, 0.2) is 40.2 Å². The third-order valence-corrected chi connectivity index (χ3v) is 8.37. The minimum Gasteiger partial charge on any atom is -0.444 e. The first-order valence-corrected chi connectivity index (χ1v) is 13.1. The lowest BCUT2D eigenvalue weighted by Crippen LogP contribution is -2.47. The molecule has 3 aromatic rings. The van der Waals surface area contributed by atoms with Crippen LogP contribution in [0, 0.1) is 0 Å². The number of carbonyl (C=O) groups is 1. The van der Waals surface area contributed by atoms with Crippen LogP contribution in [-0.4, -0.2) is 64.5 Å². The Morgan fingerprint density at radius 3 is 2.65 bits per heavy atom. The Kier molecular flexibility index (Phi) is 5.48. The van der Waals surface area contributed by atoms with Crippen molar-refractivity contribution in [1.29, 1.82) is 0 Å². The van der Waals surface area contributed by atoms with Gasteiger partial charge in [-0.2, -0.15) is 4.31 Å². The first kappa shape index (κ1) is 22.9. The second-order valence-corrected chi connectivity index (χ2v) is 12.1. The van der Waals surface area contributed by atoms with E-state index in [1.807, 2.05) is 20.8 Å². The van der Waals surface area contributed by atoms with E-state index in [4.69, 9.17) is 4.74 Å². The molecule has 10 heteroatoms. The van der Waals surface area contributed by atoms with Crippen LogP contribution >= 0.6 is 0 Å². The number of fused-ring (bicyclic) bond motifs is 3. The van der Waals surface area contributed by atoms with Crippen molar-refractivity contribution in [2.24, 2.45) is 0 Å². The summed E-state index contributed by atoms with van der Waals surface area (Å²) in [6.07, 6.45) is 4.44. The van der Waals surface area contributed by atoms with E-state index in [0.717, 1.165) is 25.7 Å². The molecular formula is C24H30N4O5S. The molecule has 9 nitrogen and oxygen atoms in total. The van der Waals surface area contributed by atoms with Crippen LogP contribution in [0.5, 0.6) is 0 Å². The van der Waals surface area contributed by atoms with Crippen LogP contribution in [0.3, 0.4) is 0 Å². The van der Waals surface area contributed by atoms with Gasteiger partial charge in [0, 0.05) is 47.7 Å². The minimum absolute atomic E-state index is 0.0651. The highest BCUT2D eigenvalue weighted by atomic mass is 32.2. The SMILES string of the molecule is CC(C)(C)OC(=O)N1CCC[C@@H]1CN(C1CC1)S(=O)(=O)c1ccc2[nH]c(=O)c3[nH]ccc3c2c1. The molecule has 1 saturated heterocycles. The maximum Gasteiger partial charge on any atom is 0.410 e. The van der Waals surface area contributed by atoms with Gasteiger partial charge in [0.2, 0.25) is 10.0 Å². The van der Waals surface area contributed by atoms with Gasteiger partial charge < -0.3 is 19.6 Å². The zero-order valence-corrected chi connectivity index (χ0v) is 20.4. The van der Waals surface area contributed by atoms with Gasteiger partial charge in [0.15, 0.2) is 0 Å². The van der Waals surface area contributed by atoms with Crippen LogP contribution in [0.1, 0.15) is 46.5 Å². The molecule has 34 heavy (non-hydrogen) atoms. The first-order valence-electron chi connectivity index (χ1n) is 11.7. The van der Waals surface area contributed by atoms with Crippen molar-refractivity contribution in [3.8, 4) is 0 Å². The number of carbonyl (C=O) groups excluding carboxylic acids is 1. The molecule has 0 unspecified atom stereocenters. The molecule has 1 aliphatic carbocycles. The van der Waals surface area contributed by atoms with Crippen molar-refractivity contribution >= 4 is 37.9 Å². The summed E-state index contributed by atoms with van der Waals surface area (Å²) in [5, 5.41) is 1.35. The number of rotatable bonds is 5. The molecule has 2 aliphatic rings. The molecule has 5 rings (SSSR count). The Morgan fingerprint density at radius 1 is 1.18 bits per heavy atom. The fraction of sp³-hybridized carbons (Fsp3) is 0.500. The average Bonchev–Trinajstić information content (AvgIpc) is 3.27. The van der Waals surface area contributed by atoms with Gasteiger partial charge in [0.1, 0.15) is 11.1 Å². The Bertz CT molecular complexity index is 1410. The van der Waals surface area contributed by atoms with Gasteiger partial charge >= 0.3 is 6.09 Å². The fourth-order valence-electron chi connectivity index (χ4n) is 4.72. The van der Waals surface area contributed by atoms with Gasteiger partial charge in [0.25, 0.3) is 5.56 Å². The van der Waals surface area contributed by atoms with Crippen LogP contribution < -0.4 is 5.56 Å². The molecule has 2 N–H and O–H groups in total. The number of H-pyrrole nitrogens is 2. The molecule has 2 aromatic heterocycles. The second kappa shape index (κ2) is 8.13. The van der Waals surface area contributed by atoms with Gasteiger partial charge in [-0.1, -0.05) is 0 Å². The highest BCUT2D eigenvalue weighted by molar-refractivity contribution is 7.89. The van der Waals surface area contributed by atoms with Crippen molar-refractivity contribution in [3.05, 3.63) is 40.8 Å². The number of aromatic amines is 2. The van der Waals surface area contributed by atoms with E-state index in [0.29, 0.717) is 28.4 Å². The Morgan fingerprint density at radius 2 is 1.94 bits per heavy atom. The summed E-state index contributed by atoms with van der Waals surface area (Å²) in [5.41, 5.74) is 0.148. The quantitative estimate of drug-likeness (QED) is 0.572. The summed E-state index contributed by atoms with van der Waals surface area (Å²) in [5.74, 6) is 0. The Balaban J connectivity index is 1.47. The summed E-state index contributed by atoms with van der Waals surface area (Å²) in [6, 6.07) is 6.31. The van der Waals surface area contributed by atoms with Crippen LogP contribution in [0.4, 0.5) is 4.79 Å². The molecule has 1 aromatic carbocycles. The molecular weight excluding hydrogens is 456 g/mol. The number of ether oxygens (including phenoxy) is 1. The molecule has 182 valence electrons. The van der Waals surface area contributed by atoms with E-state index in [-0.39, 0.29) is 29.1 Å². The topological polar surface area (TPSA) is 116 Å². The molecule has 2 fully saturated rings. The number of aromatic nitrogens is 2. The number of benzene rings is 1. The maximum atomic E-state index is 13.8. The molecule has 1 aliphatic heterocycles. The highest BCUT2D eigenvalue weighted by Crippen LogP contribution is 2.35. The van der Waals surface area contributed by atoms with Crippen molar-refractivity contribution in [3.63, 3.8) is 0 Å². The fourth-order valence-corrected chi connectivity index (χ4v) is 6.47. The largest absolute Gasteiger partial charge is 0.444 e. The van der Waals surface area contributed by atoms with E-state index in [1.165, 1.54) is 0 Å². The molecule has 0 spiro atoms. The third-order valence-electron chi connectivity index (χ3n) is 6.46. The number of hydrogen-bond donors (Lipinski definition) is 2. The van der Waals surface area contributed by atoms with E-state index in [1.54, 1.807) is 39.7 Å². The summed E-state index contributed by atoms with van der Waals surface area (Å²) < 4.78 is 34.7. The number of pyridine rings is 1. The van der Waals surface area contributed by atoms with E-state index in [9.17, 15) is 18.0 Å². The number of sulfonamides is 1. The predicted molar refractivity (Wildman–Crippen MR) is 129 cm³/mol. The summed E-state index contributed by atoms with van der Waals surface area (Å²) in [7, 11) is -3.81. The molecule has 0 bridgehead atoms. The van der Waals surface area contributed by atoms with Gasteiger partial charge in [-0.25, -0.2) is 13.2 Å². The van der Waals surface area contributed by atoms with E-state index in [2.05, 4.69) is 9.97 Å². The van der Waals surface area contributed by atoms with Crippen molar-refractivity contribution in [2.75, 3.05) is 13.1 Å². The smallest absolute Gasteiger partial charge is 0.410 e. The van der Waals surface area contributed by atoms with E-state index < -0.39 is 21.7 Å². The minimum atomic E-state index is -3.81. The average molecular weight is 487 g/mol. The molecule has 3 heterocycles. The van der Waals surface area contributed by atoms with Gasteiger partial charge in [-0.05, 0) is 70.7 Å². The monoisotopic (exact) mass is 486 g/mol. The third kappa shape index (κ3) is 4.20. The maximum absolute atomic E-state index is 13.8.